The van der Waals surface area contributed by atoms with Gasteiger partial charge in [0.25, 0.3) is 0 Å². The predicted molar refractivity (Wildman–Crippen MR) is 163 cm³/mol. The van der Waals surface area contributed by atoms with Gasteiger partial charge in [0, 0.05) is 0 Å². The van der Waals surface area contributed by atoms with Gasteiger partial charge in [-0.15, -0.1) is 0 Å². The monoisotopic (exact) mass is 538 g/mol. The third-order valence-electron chi connectivity index (χ3n) is 8.37. The normalized spacial score (nSPS) is 13.0. The highest BCUT2D eigenvalue weighted by Crippen LogP contribution is 2.24. The number of carboxylic acids is 2. The van der Waals surface area contributed by atoms with Crippen LogP contribution in [0, 0.1) is 11.8 Å². The van der Waals surface area contributed by atoms with Crippen LogP contribution in [-0.2, 0) is 9.59 Å². The lowest BCUT2D eigenvalue weighted by Crippen LogP contribution is -2.19. The molecule has 0 aliphatic carbocycles. The number of carboxylic acid groups (broad SMARTS) is 2. The predicted octanol–water partition coefficient (Wildman–Crippen LogP) is 11.4. The van der Waals surface area contributed by atoms with Gasteiger partial charge >= 0.3 is 11.9 Å². The van der Waals surface area contributed by atoms with Crippen molar-refractivity contribution in [1.82, 2.24) is 0 Å². The van der Waals surface area contributed by atoms with Gasteiger partial charge in [-0.2, -0.15) is 0 Å². The SMILES string of the molecule is CCCCCCCCCCCCCCC(CCC(CCCCCCCCCCCCCC)C(=O)O)C(=O)O. The van der Waals surface area contributed by atoms with Crippen molar-refractivity contribution < 1.29 is 19.8 Å². The molecule has 0 fully saturated rings. The molecule has 38 heavy (non-hydrogen) atoms. The highest BCUT2D eigenvalue weighted by atomic mass is 16.4. The third-order valence-corrected chi connectivity index (χ3v) is 8.37. The van der Waals surface area contributed by atoms with Crippen LogP contribution in [0.5, 0.6) is 0 Å². The summed E-state index contributed by atoms with van der Waals surface area (Å²) in [7, 11) is 0. The van der Waals surface area contributed by atoms with Gasteiger partial charge in [-0.25, -0.2) is 0 Å². The van der Waals surface area contributed by atoms with E-state index in [1.807, 2.05) is 0 Å². The molecule has 0 spiro atoms. The molecule has 0 heterocycles. The Labute approximate surface area is 237 Å². The first kappa shape index (κ1) is 36.9. The van der Waals surface area contributed by atoms with Crippen LogP contribution in [0.25, 0.3) is 0 Å². The minimum atomic E-state index is -0.748. The zero-order valence-electron chi connectivity index (χ0n) is 25.7. The van der Waals surface area contributed by atoms with E-state index in [4.69, 9.17) is 0 Å². The van der Waals surface area contributed by atoms with Crippen LogP contribution < -0.4 is 0 Å². The molecule has 2 atom stereocenters. The molecule has 0 saturated carbocycles. The van der Waals surface area contributed by atoms with Gasteiger partial charge in [0.05, 0.1) is 11.8 Å². The maximum atomic E-state index is 11.7. The summed E-state index contributed by atoms with van der Waals surface area (Å²) in [5.41, 5.74) is 0. The maximum Gasteiger partial charge on any atom is 0.306 e. The topological polar surface area (TPSA) is 74.6 Å². The maximum absolute atomic E-state index is 11.7. The number of carbonyl (C=O) groups is 2. The minimum absolute atomic E-state index is 0.387. The summed E-state index contributed by atoms with van der Waals surface area (Å²) in [4.78, 5) is 23.5. The number of hydrogen-bond donors (Lipinski definition) is 2. The Morgan fingerprint density at radius 2 is 0.579 bits per heavy atom. The molecular weight excluding hydrogens is 472 g/mol. The molecular formula is C34H66O4. The summed E-state index contributed by atoms with van der Waals surface area (Å²) in [6.45, 7) is 4.51. The molecule has 4 heteroatoms. The fourth-order valence-corrected chi connectivity index (χ4v) is 5.65. The zero-order chi connectivity index (χ0) is 28.1. The first-order valence-electron chi connectivity index (χ1n) is 17.0. The molecule has 2 unspecified atom stereocenters. The van der Waals surface area contributed by atoms with Crippen molar-refractivity contribution in [3.8, 4) is 0 Å². The average Bonchev–Trinajstić information content (AvgIpc) is 2.89. The Hall–Kier alpha value is -1.06. The van der Waals surface area contributed by atoms with Gasteiger partial charge in [0.15, 0.2) is 0 Å². The van der Waals surface area contributed by atoms with Gasteiger partial charge < -0.3 is 10.2 Å². The van der Waals surface area contributed by atoms with E-state index in [0.717, 1.165) is 25.7 Å². The summed E-state index contributed by atoms with van der Waals surface area (Å²) in [5.74, 6) is -2.27. The van der Waals surface area contributed by atoms with Crippen LogP contribution in [-0.4, -0.2) is 22.2 Å². The van der Waals surface area contributed by atoms with Crippen molar-refractivity contribution in [2.45, 2.75) is 194 Å². The third kappa shape index (κ3) is 25.2. The largest absolute Gasteiger partial charge is 0.481 e. The lowest BCUT2D eigenvalue weighted by Gasteiger charge is -2.16. The minimum Gasteiger partial charge on any atom is -0.481 e. The molecule has 0 amide bonds. The number of rotatable bonds is 31. The molecule has 0 aromatic rings. The molecule has 0 rings (SSSR count). The first-order chi connectivity index (χ1) is 18.5. The number of hydrogen-bond acceptors (Lipinski definition) is 2. The molecule has 0 bridgehead atoms. The van der Waals surface area contributed by atoms with Crippen LogP contribution >= 0.6 is 0 Å². The molecule has 0 saturated heterocycles. The van der Waals surface area contributed by atoms with Crippen LogP contribution in [0.1, 0.15) is 194 Å². The zero-order valence-corrected chi connectivity index (χ0v) is 25.7. The number of unbranched alkanes of at least 4 members (excludes halogenated alkanes) is 22. The first-order valence-corrected chi connectivity index (χ1v) is 17.0. The quantitative estimate of drug-likeness (QED) is 0.0860. The van der Waals surface area contributed by atoms with Gasteiger partial charge in [-0.3, -0.25) is 9.59 Å². The second-order valence-corrected chi connectivity index (χ2v) is 12.0. The Balaban J connectivity index is 3.82. The fourth-order valence-electron chi connectivity index (χ4n) is 5.65. The molecule has 0 aliphatic rings. The van der Waals surface area contributed by atoms with Crippen LogP contribution in [0.4, 0.5) is 0 Å². The van der Waals surface area contributed by atoms with E-state index in [0.29, 0.717) is 25.7 Å². The lowest BCUT2D eigenvalue weighted by molar-refractivity contribution is -0.145. The van der Waals surface area contributed by atoms with E-state index in [1.54, 1.807) is 0 Å². The molecule has 0 radical (unpaired) electrons. The summed E-state index contributed by atoms with van der Waals surface area (Å²) >= 11 is 0. The van der Waals surface area contributed by atoms with E-state index in [2.05, 4.69) is 13.8 Å². The van der Waals surface area contributed by atoms with Crippen molar-refractivity contribution in [2.24, 2.45) is 11.8 Å². The summed E-state index contributed by atoms with van der Waals surface area (Å²) in [6.07, 6.45) is 33.0. The van der Waals surface area contributed by atoms with Crippen LogP contribution in [0.15, 0.2) is 0 Å². The molecule has 0 aromatic carbocycles. The highest BCUT2D eigenvalue weighted by Gasteiger charge is 2.22. The Kier molecular flexibility index (Phi) is 28.1. The number of aliphatic carboxylic acids is 2. The van der Waals surface area contributed by atoms with Crippen molar-refractivity contribution in [1.29, 1.82) is 0 Å². The van der Waals surface area contributed by atoms with Crippen LogP contribution in [0.2, 0.25) is 0 Å². The van der Waals surface area contributed by atoms with Crippen molar-refractivity contribution in [2.75, 3.05) is 0 Å². The van der Waals surface area contributed by atoms with Gasteiger partial charge in [-0.1, -0.05) is 168 Å². The van der Waals surface area contributed by atoms with Crippen LogP contribution in [0.3, 0.4) is 0 Å². The molecule has 0 aromatic heterocycles. The van der Waals surface area contributed by atoms with E-state index in [1.165, 1.54) is 128 Å². The highest BCUT2D eigenvalue weighted by molar-refractivity contribution is 5.71. The summed E-state index contributed by atoms with van der Waals surface area (Å²) in [6, 6.07) is 0. The summed E-state index contributed by atoms with van der Waals surface area (Å²) < 4.78 is 0. The fraction of sp³-hybridized carbons (Fsp3) is 0.941. The van der Waals surface area contributed by atoms with Gasteiger partial charge in [0.2, 0.25) is 0 Å². The van der Waals surface area contributed by atoms with E-state index in [-0.39, 0.29) is 11.8 Å². The van der Waals surface area contributed by atoms with Crippen molar-refractivity contribution in [3.63, 3.8) is 0 Å². The lowest BCUT2D eigenvalue weighted by atomic mass is 9.89. The molecule has 226 valence electrons. The van der Waals surface area contributed by atoms with E-state index in [9.17, 15) is 19.8 Å². The van der Waals surface area contributed by atoms with Gasteiger partial charge in [0.1, 0.15) is 0 Å². The Morgan fingerprint density at radius 3 is 0.789 bits per heavy atom. The Morgan fingerprint density at radius 1 is 0.368 bits per heavy atom. The standard InChI is InChI=1S/C34H66O4/c1-3-5-7-9-11-13-15-17-19-21-23-25-27-31(33(35)36)29-30-32(34(37)38)28-26-24-22-20-18-16-14-12-10-8-6-4-2/h31-32H,3-30H2,1-2H3,(H,35,36)(H,37,38). The molecule has 0 aliphatic heterocycles. The van der Waals surface area contributed by atoms with Gasteiger partial charge in [-0.05, 0) is 25.7 Å². The smallest absolute Gasteiger partial charge is 0.306 e. The second kappa shape index (κ2) is 28.9. The summed E-state index contributed by atoms with van der Waals surface area (Å²) in [5, 5.41) is 19.3. The molecule has 2 N–H and O–H groups in total. The molecule has 4 nitrogen and oxygen atoms in total. The second-order valence-electron chi connectivity index (χ2n) is 12.0. The van der Waals surface area contributed by atoms with Crippen molar-refractivity contribution >= 4 is 11.9 Å². The van der Waals surface area contributed by atoms with E-state index >= 15 is 0 Å². The van der Waals surface area contributed by atoms with E-state index < -0.39 is 11.9 Å². The van der Waals surface area contributed by atoms with Crippen molar-refractivity contribution in [3.05, 3.63) is 0 Å². The average molecular weight is 539 g/mol. The Bertz CT molecular complexity index is 473.